The summed E-state index contributed by atoms with van der Waals surface area (Å²) in [6.45, 7) is 11.8. The lowest BCUT2D eigenvalue weighted by Crippen LogP contribution is -2.66. The van der Waals surface area contributed by atoms with E-state index < -0.39 is 121 Å². The van der Waals surface area contributed by atoms with Crippen LogP contribution in [0, 0.1) is 22.0 Å². The predicted molar refractivity (Wildman–Crippen MR) is 282 cm³/mol. The van der Waals surface area contributed by atoms with Gasteiger partial charge in [-0.3, -0.25) is 24.5 Å². The molecule has 0 aliphatic carbocycles. The van der Waals surface area contributed by atoms with Crippen molar-refractivity contribution < 1.29 is 77.3 Å². The molecule has 2 fully saturated rings. The number of hydrogen-bond acceptors (Lipinski definition) is 18. The number of carbonyl (C=O) groups is 4. The van der Waals surface area contributed by atoms with Gasteiger partial charge in [0.25, 0.3) is 5.69 Å². The number of likely N-dealkylation sites (N-methyl/N-ethyl adjacent to an activating group) is 1. The van der Waals surface area contributed by atoms with Crippen molar-refractivity contribution in [3.05, 3.63) is 89.0 Å². The first-order valence-corrected chi connectivity index (χ1v) is 26.2. The first-order valence-electron chi connectivity index (χ1n) is 26.2. The van der Waals surface area contributed by atoms with Crippen LogP contribution in [0.2, 0.25) is 0 Å². The van der Waals surface area contributed by atoms with Gasteiger partial charge in [0.1, 0.15) is 42.4 Å². The minimum atomic E-state index is -1.49. The number of benzene rings is 4. The molecule has 0 bridgehead atoms. The third-order valence-electron chi connectivity index (χ3n) is 14.6. The SMILES string of the molecule is CCC(=O)O[C@@H]1CC(=O)O[C@H](C)C/C=C/C=C/[C@H](O)[C@H](C)C[C@H](CC=O)[C@H](O[C@@H]2O[C@H](C)[C@@H](O[C@H]3C[C@@](C)(O)[C@@H](OC(=O)CC)[C@H](C)O3)[C@H](N(C)C)[C@H]2O)[C@H]1OC.O=[N+]([O-])c1ccc2ccc3cccc4ccc1c2c34. The summed E-state index contributed by atoms with van der Waals surface area (Å²) in [4.78, 5) is 63.1. The average molecular weight is 1060 g/mol. The minimum absolute atomic E-state index is 0.000633. The molecule has 3 N–H and O–H groups in total. The number of non-ortho nitro benzene ring substituents is 1. The number of ether oxygens (including phenoxy) is 8. The number of nitro benzene ring substituents is 1. The van der Waals surface area contributed by atoms with E-state index in [1.165, 1.54) is 7.11 Å². The molecule has 3 aliphatic rings. The molecule has 0 spiro atoms. The summed E-state index contributed by atoms with van der Waals surface area (Å²) in [6.07, 6.45) is -4.08. The molecule has 3 aliphatic heterocycles. The number of cyclic esters (lactones) is 1. The highest BCUT2D eigenvalue weighted by Crippen LogP contribution is 2.40. The van der Waals surface area contributed by atoms with Gasteiger partial charge in [-0.1, -0.05) is 81.5 Å². The highest BCUT2D eigenvalue weighted by molar-refractivity contribution is 6.24. The Morgan fingerprint density at radius 2 is 1.51 bits per heavy atom. The van der Waals surface area contributed by atoms with Gasteiger partial charge < -0.3 is 62.9 Å². The van der Waals surface area contributed by atoms with Gasteiger partial charge in [-0.25, -0.2) is 0 Å². The fraction of sp³-hybridized carbons (Fsp3) is 0.579. The number of aliphatic hydroxyl groups is 3. The number of nitrogens with zero attached hydrogens (tertiary/aromatic N) is 2. The van der Waals surface area contributed by atoms with E-state index in [-0.39, 0.29) is 42.7 Å². The normalized spacial score (nSPS) is 33.7. The molecule has 76 heavy (non-hydrogen) atoms. The monoisotopic (exact) mass is 1060 g/mol. The number of rotatable bonds is 13. The smallest absolute Gasteiger partial charge is 0.309 e. The highest BCUT2D eigenvalue weighted by Gasteiger charge is 2.53. The number of hydrogen-bond donors (Lipinski definition) is 3. The van der Waals surface area contributed by atoms with E-state index >= 15 is 0 Å². The van der Waals surface area contributed by atoms with Crippen molar-refractivity contribution in [2.75, 3.05) is 21.2 Å². The van der Waals surface area contributed by atoms with Crippen molar-refractivity contribution in [1.82, 2.24) is 4.90 Å². The van der Waals surface area contributed by atoms with Crippen LogP contribution in [-0.2, 0) is 57.1 Å². The lowest BCUT2D eigenvalue weighted by atomic mass is 9.82. The predicted octanol–water partition coefficient (Wildman–Crippen LogP) is 7.26. The molecular formula is C57H76N2O17. The van der Waals surface area contributed by atoms with Crippen molar-refractivity contribution in [2.24, 2.45) is 11.8 Å². The van der Waals surface area contributed by atoms with E-state index in [2.05, 4.69) is 6.07 Å². The second kappa shape index (κ2) is 26.7. The van der Waals surface area contributed by atoms with E-state index in [0.29, 0.717) is 18.1 Å². The lowest BCUT2D eigenvalue weighted by Gasteiger charge is -2.50. The zero-order valence-electron chi connectivity index (χ0n) is 45.1. The Bertz CT molecular complexity index is 2640. The number of allylic oxidation sites excluding steroid dienone is 2. The van der Waals surface area contributed by atoms with Crippen LogP contribution in [0.25, 0.3) is 32.3 Å². The van der Waals surface area contributed by atoms with Gasteiger partial charge in [0.15, 0.2) is 18.7 Å². The lowest BCUT2D eigenvalue weighted by molar-refractivity contribution is -0.383. The third-order valence-corrected chi connectivity index (χ3v) is 14.6. The summed E-state index contributed by atoms with van der Waals surface area (Å²) in [5.41, 5.74) is -1.32. The van der Waals surface area contributed by atoms with Crippen molar-refractivity contribution in [1.29, 1.82) is 0 Å². The Hall–Kier alpha value is -5.48. The maximum Gasteiger partial charge on any atom is 0.309 e. The Labute approximate surface area is 443 Å². The number of nitro groups is 1. The van der Waals surface area contributed by atoms with E-state index in [4.69, 9.17) is 37.9 Å². The van der Waals surface area contributed by atoms with Crippen LogP contribution in [0.5, 0.6) is 0 Å². The standard InChI is InChI=1S/C41H67NO15.C16H9NO2/c1-11-30(45)54-29-21-32(47)51-24(4)16-14-13-15-17-28(44)23(3)20-27(18-19-43)37(38(29)50-10)57-40-35(48)34(42(8)9)36(25(5)53-40)56-33-22-41(7,49)39(26(6)52-33)55-31(46)12-2;18-17(19)14-9-7-12-5-4-10-2-1-3-11-6-8-13(14)16(12)15(10)11/h13-15,17,19,23-29,33-40,44,48-49H,11-12,16,18,20-22H2,1-10H3;1-9H/b14-13+,17-15+;/t23-,24-,25-,26+,27+,28+,29-,33+,34-,35-,36-,37+,38+,39+,40+,41-;/m1./s1. The molecule has 19 nitrogen and oxygen atoms in total. The molecule has 19 heteroatoms. The molecular weight excluding hydrogens is 985 g/mol. The number of aliphatic hydroxyl groups excluding tert-OH is 2. The first kappa shape index (κ1) is 59.8. The topological polar surface area (TPSA) is 249 Å². The summed E-state index contributed by atoms with van der Waals surface area (Å²) >= 11 is 0. The van der Waals surface area contributed by atoms with Crippen LogP contribution in [0.15, 0.2) is 78.9 Å². The summed E-state index contributed by atoms with van der Waals surface area (Å²) in [6, 6.07) is 16.6. The Morgan fingerprint density at radius 3 is 2.13 bits per heavy atom. The fourth-order valence-electron chi connectivity index (χ4n) is 10.7. The summed E-state index contributed by atoms with van der Waals surface area (Å²) < 4.78 is 48.5. The van der Waals surface area contributed by atoms with Crippen molar-refractivity contribution >= 4 is 62.2 Å². The Kier molecular flexibility index (Phi) is 21.0. The summed E-state index contributed by atoms with van der Waals surface area (Å²) in [5.74, 6) is -2.82. The molecule has 4 aromatic carbocycles. The van der Waals surface area contributed by atoms with Gasteiger partial charge in [-0.2, -0.15) is 0 Å². The van der Waals surface area contributed by atoms with Gasteiger partial charge in [0.2, 0.25) is 0 Å². The van der Waals surface area contributed by atoms with E-state index in [1.54, 1.807) is 84.8 Å². The number of carbonyl (C=O) groups excluding carboxylic acids is 4. The Balaban J connectivity index is 0.000000404. The zero-order valence-corrected chi connectivity index (χ0v) is 45.1. The van der Waals surface area contributed by atoms with Crippen LogP contribution in [0.4, 0.5) is 5.69 Å². The van der Waals surface area contributed by atoms with Crippen LogP contribution in [0.1, 0.15) is 93.4 Å². The van der Waals surface area contributed by atoms with Crippen LogP contribution in [0.3, 0.4) is 0 Å². The van der Waals surface area contributed by atoms with Gasteiger partial charge in [-0.05, 0) is 93.7 Å². The molecule has 7 rings (SSSR count). The maximum absolute atomic E-state index is 13.3. The molecule has 3 heterocycles. The molecule has 416 valence electrons. The van der Waals surface area contributed by atoms with E-state index in [0.717, 1.165) is 26.9 Å². The van der Waals surface area contributed by atoms with Gasteiger partial charge in [-0.15, -0.1) is 0 Å². The van der Waals surface area contributed by atoms with Crippen LogP contribution in [-0.4, -0.2) is 156 Å². The molecule has 0 saturated carbocycles. The average Bonchev–Trinajstić information content (AvgIpc) is 3.37. The molecule has 0 radical (unpaired) electrons. The first-order chi connectivity index (χ1) is 36.1. The number of aldehydes is 1. The molecule has 0 aromatic heterocycles. The molecule has 16 atom stereocenters. The number of methoxy groups -OCH3 is 1. The minimum Gasteiger partial charge on any atom is -0.462 e. The Morgan fingerprint density at radius 1 is 0.868 bits per heavy atom. The van der Waals surface area contributed by atoms with Crippen molar-refractivity contribution in [3.8, 4) is 0 Å². The second-order valence-electron chi connectivity index (χ2n) is 20.7. The van der Waals surface area contributed by atoms with Gasteiger partial charge in [0, 0.05) is 50.7 Å². The van der Waals surface area contributed by atoms with Crippen LogP contribution >= 0.6 is 0 Å². The maximum atomic E-state index is 13.3. The highest BCUT2D eigenvalue weighted by atomic mass is 16.7. The summed E-state index contributed by atoms with van der Waals surface area (Å²) in [7, 11) is 4.86. The molecule has 0 unspecified atom stereocenters. The van der Waals surface area contributed by atoms with Crippen molar-refractivity contribution in [3.63, 3.8) is 0 Å². The van der Waals surface area contributed by atoms with Crippen molar-refractivity contribution in [2.45, 2.75) is 179 Å². The van der Waals surface area contributed by atoms with Crippen LogP contribution < -0.4 is 0 Å². The van der Waals surface area contributed by atoms with E-state index in [1.807, 2.05) is 55.5 Å². The number of esters is 3. The zero-order chi connectivity index (χ0) is 55.6. The largest absolute Gasteiger partial charge is 0.462 e. The van der Waals surface area contributed by atoms with E-state index in [9.17, 15) is 44.6 Å². The van der Waals surface area contributed by atoms with Gasteiger partial charge in [0.05, 0.1) is 47.2 Å². The second-order valence-corrected chi connectivity index (χ2v) is 20.7. The fourth-order valence-corrected chi connectivity index (χ4v) is 10.7. The molecule has 0 amide bonds. The van der Waals surface area contributed by atoms with Gasteiger partial charge >= 0.3 is 17.9 Å². The summed E-state index contributed by atoms with van der Waals surface area (Å²) in [5, 5.41) is 51.7. The molecule has 2 saturated heterocycles. The third kappa shape index (κ3) is 14.4. The quantitative estimate of drug-likeness (QED) is 0.0298. The molecule has 4 aromatic rings.